The molecule has 120 valence electrons. The standard InChI is InChI=1S/C17H15F3N2O/c1-10-3-2-4-11(16(10)21)7-12-9-22-15-6-5-13(8-14(12)15)23-17(18,19)20/h2-6,8-9,22H,7,21H2,1H3. The highest BCUT2D eigenvalue weighted by Gasteiger charge is 2.31. The van der Waals surface area contributed by atoms with Crippen molar-refractivity contribution in [3.05, 3.63) is 59.3 Å². The van der Waals surface area contributed by atoms with Gasteiger partial charge in [-0.25, -0.2) is 0 Å². The molecule has 0 radical (unpaired) electrons. The van der Waals surface area contributed by atoms with E-state index in [-0.39, 0.29) is 5.75 Å². The third-order valence-electron chi connectivity index (χ3n) is 3.77. The predicted octanol–water partition coefficient (Wildman–Crippen LogP) is 4.55. The molecule has 3 aromatic rings. The van der Waals surface area contributed by atoms with Crippen molar-refractivity contribution in [2.45, 2.75) is 19.7 Å². The van der Waals surface area contributed by atoms with Crippen LogP contribution in [0.1, 0.15) is 16.7 Å². The van der Waals surface area contributed by atoms with Gasteiger partial charge in [0.15, 0.2) is 0 Å². The summed E-state index contributed by atoms with van der Waals surface area (Å²) in [6.45, 7) is 1.92. The van der Waals surface area contributed by atoms with Crippen LogP contribution in [0.25, 0.3) is 10.9 Å². The highest BCUT2D eigenvalue weighted by atomic mass is 19.4. The van der Waals surface area contributed by atoms with Crippen LogP contribution in [0.4, 0.5) is 18.9 Å². The molecule has 0 aliphatic carbocycles. The Morgan fingerprint density at radius 1 is 1.13 bits per heavy atom. The summed E-state index contributed by atoms with van der Waals surface area (Å²) in [7, 11) is 0. The van der Waals surface area contributed by atoms with Crippen LogP contribution in [0.3, 0.4) is 0 Å². The number of aromatic nitrogens is 1. The molecule has 3 N–H and O–H groups in total. The zero-order valence-electron chi connectivity index (χ0n) is 12.4. The minimum absolute atomic E-state index is 0.233. The van der Waals surface area contributed by atoms with Gasteiger partial charge in [-0.2, -0.15) is 0 Å². The molecule has 0 spiro atoms. The molecule has 0 fully saturated rings. The minimum atomic E-state index is -4.70. The van der Waals surface area contributed by atoms with E-state index in [4.69, 9.17) is 5.73 Å². The number of aromatic amines is 1. The molecule has 1 aromatic heterocycles. The maximum Gasteiger partial charge on any atom is 0.573 e. The van der Waals surface area contributed by atoms with Crippen LogP contribution in [0.15, 0.2) is 42.6 Å². The van der Waals surface area contributed by atoms with Crippen LogP contribution < -0.4 is 10.5 Å². The number of aryl methyl sites for hydroxylation is 1. The molecule has 0 aliphatic heterocycles. The number of hydrogen-bond donors (Lipinski definition) is 2. The van der Waals surface area contributed by atoms with Gasteiger partial charge in [-0.15, -0.1) is 13.2 Å². The molecule has 0 atom stereocenters. The van der Waals surface area contributed by atoms with E-state index in [1.54, 1.807) is 12.3 Å². The van der Waals surface area contributed by atoms with Crippen molar-refractivity contribution in [1.29, 1.82) is 0 Å². The molecule has 3 rings (SSSR count). The van der Waals surface area contributed by atoms with Crippen molar-refractivity contribution >= 4 is 16.6 Å². The Balaban J connectivity index is 1.98. The Labute approximate surface area is 130 Å². The van der Waals surface area contributed by atoms with Gasteiger partial charge in [0.25, 0.3) is 0 Å². The van der Waals surface area contributed by atoms with Gasteiger partial charge in [-0.05, 0) is 41.8 Å². The molecular weight excluding hydrogens is 305 g/mol. The van der Waals surface area contributed by atoms with E-state index >= 15 is 0 Å². The summed E-state index contributed by atoms with van der Waals surface area (Å²) < 4.78 is 41.1. The summed E-state index contributed by atoms with van der Waals surface area (Å²) in [6, 6.07) is 9.99. The molecule has 0 unspecified atom stereocenters. The Bertz CT molecular complexity index is 853. The number of benzene rings is 2. The van der Waals surface area contributed by atoms with Crippen molar-refractivity contribution < 1.29 is 17.9 Å². The number of hydrogen-bond acceptors (Lipinski definition) is 2. The van der Waals surface area contributed by atoms with E-state index in [1.807, 2.05) is 25.1 Å². The number of anilines is 1. The fourth-order valence-corrected chi connectivity index (χ4v) is 2.60. The van der Waals surface area contributed by atoms with Crippen molar-refractivity contribution in [3.63, 3.8) is 0 Å². The topological polar surface area (TPSA) is 51.0 Å². The smallest absolute Gasteiger partial charge is 0.406 e. The molecule has 0 amide bonds. The second kappa shape index (κ2) is 5.53. The predicted molar refractivity (Wildman–Crippen MR) is 83.4 cm³/mol. The molecule has 0 aliphatic rings. The summed E-state index contributed by atoms with van der Waals surface area (Å²) in [5, 5.41) is 0.688. The van der Waals surface area contributed by atoms with Crippen LogP contribution in [-0.4, -0.2) is 11.3 Å². The number of para-hydroxylation sites is 1. The first-order valence-electron chi connectivity index (χ1n) is 7.03. The lowest BCUT2D eigenvalue weighted by Gasteiger charge is -2.10. The lowest BCUT2D eigenvalue weighted by Crippen LogP contribution is -2.16. The number of nitrogens with one attached hydrogen (secondary N) is 1. The van der Waals surface area contributed by atoms with Crippen molar-refractivity contribution in [3.8, 4) is 5.75 Å². The Morgan fingerprint density at radius 2 is 1.91 bits per heavy atom. The first-order valence-corrected chi connectivity index (χ1v) is 7.03. The number of fused-ring (bicyclic) bond motifs is 1. The zero-order chi connectivity index (χ0) is 16.6. The van der Waals surface area contributed by atoms with Crippen LogP contribution in [-0.2, 0) is 6.42 Å². The monoisotopic (exact) mass is 320 g/mol. The average molecular weight is 320 g/mol. The van der Waals surface area contributed by atoms with Gasteiger partial charge in [0.1, 0.15) is 5.75 Å². The number of nitrogens with two attached hydrogens (primary N) is 1. The number of H-pyrrole nitrogens is 1. The second-order valence-electron chi connectivity index (χ2n) is 5.39. The first kappa shape index (κ1) is 15.3. The number of halogens is 3. The molecular formula is C17H15F3N2O. The molecule has 2 aromatic carbocycles. The summed E-state index contributed by atoms with van der Waals surface area (Å²) in [5.74, 6) is -0.233. The molecule has 1 heterocycles. The van der Waals surface area contributed by atoms with E-state index in [1.165, 1.54) is 12.1 Å². The Kier molecular flexibility index (Phi) is 3.67. The van der Waals surface area contributed by atoms with Crippen LogP contribution >= 0.6 is 0 Å². The Morgan fingerprint density at radius 3 is 2.65 bits per heavy atom. The van der Waals surface area contributed by atoms with Crippen LogP contribution in [0.5, 0.6) is 5.75 Å². The minimum Gasteiger partial charge on any atom is -0.406 e. The van der Waals surface area contributed by atoms with Gasteiger partial charge in [0.2, 0.25) is 0 Å². The lowest BCUT2D eigenvalue weighted by molar-refractivity contribution is -0.274. The second-order valence-corrected chi connectivity index (χ2v) is 5.39. The summed E-state index contributed by atoms with van der Waals surface area (Å²) in [5.41, 5.74) is 10.3. The van der Waals surface area contributed by atoms with Gasteiger partial charge >= 0.3 is 6.36 Å². The summed E-state index contributed by atoms with van der Waals surface area (Å²) in [4.78, 5) is 3.05. The lowest BCUT2D eigenvalue weighted by atomic mass is 10.0. The molecule has 0 bridgehead atoms. The normalized spacial score (nSPS) is 11.8. The van der Waals surface area contributed by atoms with Crippen molar-refractivity contribution in [2.24, 2.45) is 0 Å². The molecule has 6 heteroatoms. The summed E-state index contributed by atoms with van der Waals surface area (Å²) in [6.07, 6.45) is -2.39. The first-order chi connectivity index (χ1) is 10.8. The SMILES string of the molecule is Cc1cccc(Cc2c[nH]c3ccc(OC(F)(F)F)cc23)c1N. The highest BCUT2D eigenvalue weighted by Crippen LogP contribution is 2.30. The molecule has 3 nitrogen and oxygen atoms in total. The maximum absolute atomic E-state index is 12.4. The van der Waals surface area contributed by atoms with E-state index in [0.717, 1.165) is 22.2 Å². The average Bonchev–Trinajstić information content (AvgIpc) is 2.85. The highest BCUT2D eigenvalue weighted by molar-refractivity contribution is 5.85. The van der Waals surface area contributed by atoms with E-state index in [2.05, 4.69) is 9.72 Å². The van der Waals surface area contributed by atoms with E-state index in [0.29, 0.717) is 17.5 Å². The molecule has 23 heavy (non-hydrogen) atoms. The third kappa shape index (κ3) is 3.26. The Hall–Kier alpha value is -2.63. The van der Waals surface area contributed by atoms with Crippen molar-refractivity contribution in [2.75, 3.05) is 5.73 Å². The quantitative estimate of drug-likeness (QED) is 0.696. The fourth-order valence-electron chi connectivity index (χ4n) is 2.60. The largest absolute Gasteiger partial charge is 0.573 e. The van der Waals surface area contributed by atoms with E-state index < -0.39 is 6.36 Å². The van der Waals surface area contributed by atoms with E-state index in [9.17, 15) is 13.2 Å². The number of ether oxygens (including phenoxy) is 1. The number of nitrogen functional groups attached to an aromatic ring is 1. The van der Waals surface area contributed by atoms with Gasteiger partial charge in [0.05, 0.1) is 0 Å². The maximum atomic E-state index is 12.4. The molecule has 0 saturated heterocycles. The molecule has 0 saturated carbocycles. The van der Waals surface area contributed by atoms with Crippen molar-refractivity contribution in [1.82, 2.24) is 4.98 Å². The third-order valence-corrected chi connectivity index (χ3v) is 3.77. The van der Waals surface area contributed by atoms with Gasteiger partial charge < -0.3 is 15.5 Å². The summed E-state index contributed by atoms with van der Waals surface area (Å²) >= 11 is 0. The number of rotatable bonds is 3. The fraction of sp³-hybridized carbons (Fsp3) is 0.176. The van der Waals surface area contributed by atoms with Gasteiger partial charge in [-0.3, -0.25) is 0 Å². The van der Waals surface area contributed by atoms with Gasteiger partial charge in [-0.1, -0.05) is 18.2 Å². The van der Waals surface area contributed by atoms with Gasteiger partial charge in [0, 0.05) is 29.2 Å². The van der Waals surface area contributed by atoms with Crippen LogP contribution in [0, 0.1) is 6.92 Å². The zero-order valence-corrected chi connectivity index (χ0v) is 12.4. The van der Waals surface area contributed by atoms with Crippen LogP contribution in [0.2, 0.25) is 0 Å². The number of alkyl halides is 3.